The van der Waals surface area contributed by atoms with Crippen LogP contribution in [0, 0.1) is 0 Å². The van der Waals surface area contributed by atoms with Gasteiger partial charge in [0, 0.05) is 29.3 Å². The van der Waals surface area contributed by atoms with Crippen molar-refractivity contribution in [2.45, 2.75) is 39.3 Å². The van der Waals surface area contributed by atoms with E-state index in [0.717, 1.165) is 22.9 Å². The van der Waals surface area contributed by atoms with Gasteiger partial charge in [-0.3, -0.25) is 0 Å². The SMILES string of the molecule is CC(C)c1nc([C@@H](C)NCc2csc(-c3cccs3)n2)cs1. The molecule has 0 saturated carbocycles. The third kappa shape index (κ3) is 3.63. The molecule has 116 valence electrons. The number of rotatable bonds is 6. The third-order valence-corrected chi connectivity index (χ3v) is 6.44. The molecule has 6 heteroatoms. The van der Waals surface area contributed by atoms with Crippen molar-refractivity contribution in [3.8, 4) is 9.88 Å². The van der Waals surface area contributed by atoms with Gasteiger partial charge in [-0.05, 0) is 18.4 Å². The number of aromatic nitrogens is 2. The highest BCUT2D eigenvalue weighted by Gasteiger charge is 2.12. The number of hydrogen-bond acceptors (Lipinski definition) is 6. The molecular weight excluding hydrogens is 330 g/mol. The van der Waals surface area contributed by atoms with Crippen molar-refractivity contribution in [1.29, 1.82) is 0 Å². The summed E-state index contributed by atoms with van der Waals surface area (Å²) in [4.78, 5) is 10.6. The van der Waals surface area contributed by atoms with Gasteiger partial charge >= 0.3 is 0 Å². The van der Waals surface area contributed by atoms with Gasteiger partial charge in [-0.15, -0.1) is 34.0 Å². The van der Waals surface area contributed by atoms with Crippen LogP contribution >= 0.6 is 34.0 Å². The molecule has 3 rings (SSSR count). The lowest BCUT2D eigenvalue weighted by Gasteiger charge is -2.10. The van der Waals surface area contributed by atoms with Crippen molar-refractivity contribution in [1.82, 2.24) is 15.3 Å². The average molecular weight is 350 g/mol. The number of hydrogen-bond donors (Lipinski definition) is 1. The minimum Gasteiger partial charge on any atom is -0.303 e. The highest BCUT2D eigenvalue weighted by Crippen LogP contribution is 2.28. The Morgan fingerprint density at radius 1 is 1.09 bits per heavy atom. The Bertz CT molecular complexity index is 713. The van der Waals surface area contributed by atoms with Crippen LogP contribution in [0.3, 0.4) is 0 Å². The predicted octanol–water partition coefficient (Wildman–Crippen LogP) is 5.30. The summed E-state index contributed by atoms with van der Waals surface area (Å²) in [5.74, 6) is 0.498. The molecule has 3 nitrogen and oxygen atoms in total. The first-order chi connectivity index (χ1) is 10.6. The summed E-state index contributed by atoms with van der Waals surface area (Å²) in [5.41, 5.74) is 2.22. The Balaban J connectivity index is 1.60. The summed E-state index contributed by atoms with van der Waals surface area (Å²) in [5, 5.41) is 12.2. The number of nitrogens with zero attached hydrogens (tertiary/aromatic N) is 2. The zero-order valence-corrected chi connectivity index (χ0v) is 15.3. The molecule has 0 radical (unpaired) electrons. The summed E-state index contributed by atoms with van der Waals surface area (Å²) in [7, 11) is 0. The fourth-order valence-corrected chi connectivity index (χ4v) is 4.59. The normalized spacial score (nSPS) is 12.9. The quantitative estimate of drug-likeness (QED) is 0.656. The van der Waals surface area contributed by atoms with Crippen LogP contribution in [0.4, 0.5) is 0 Å². The van der Waals surface area contributed by atoms with Crippen molar-refractivity contribution in [3.63, 3.8) is 0 Å². The summed E-state index contributed by atoms with van der Waals surface area (Å²) >= 11 is 5.19. The first-order valence-electron chi connectivity index (χ1n) is 7.30. The van der Waals surface area contributed by atoms with Crippen LogP contribution in [0.25, 0.3) is 9.88 Å². The van der Waals surface area contributed by atoms with Gasteiger partial charge in [-0.2, -0.15) is 0 Å². The van der Waals surface area contributed by atoms with E-state index in [1.54, 1.807) is 34.0 Å². The Labute approximate surface area is 143 Å². The zero-order valence-electron chi connectivity index (χ0n) is 12.9. The largest absolute Gasteiger partial charge is 0.303 e. The summed E-state index contributed by atoms with van der Waals surface area (Å²) in [6.07, 6.45) is 0. The van der Waals surface area contributed by atoms with Crippen LogP contribution in [-0.4, -0.2) is 9.97 Å². The average Bonchev–Trinajstić information content (AvgIpc) is 3.23. The molecule has 22 heavy (non-hydrogen) atoms. The maximum atomic E-state index is 4.71. The second-order valence-electron chi connectivity index (χ2n) is 5.49. The molecule has 0 spiro atoms. The van der Waals surface area contributed by atoms with Gasteiger partial charge in [0.1, 0.15) is 5.01 Å². The Hall–Kier alpha value is -1.08. The molecule has 0 aliphatic rings. The topological polar surface area (TPSA) is 37.8 Å². The summed E-state index contributed by atoms with van der Waals surface area (Å²) in [6, 6.07) is 4.43. The number of thiazole rings is 2. The van der Waals surface area contributed by atoms with E-state index >= 15 is 0 Å². The van der Waals surface area contributed by atoms with E-state index in [4.69, 9.17) is 9.97 Å². The van der Waals surface area contributed by atoms with Crippen LogP contribution in [0.1, 0.15) is 49.1 Å². The van der Waals surface area contributed by atoms with Crippen LogP contribution in [0.2, 0.25) is 0 Å². The molecule has 0 aliphatic carbocycles. The Kier molecular flexibility index (Phi) is 5.03. The lowest BCUT2D eigenvalue weighted by atomic mass is 10.2. The van der Waals surface area contributed by atoms with Crippen LogP contribution in [-0.2, 0) is 6.54 Å². The third-order valence-electron chi connectivity index (χ3n) is 3.35. The molecule has 0 amide bonds. The second kappa shape index (κ2) is 7.00. The molecular formula is C16H19N3S3. The van der Waals surface area contributed by atoms with Crippen molar-refractivity contribution < 1.29 is 0 Å². The molecule has 3 heterocycles. The standard InChI is InChI=1S/C16H19N3S3/c1-10(2)15-19-13(9-22-15)11(3)17-7-12-8-21-16(18-12)14-5-4-6-20-14/h4-6,8-11,17H,7H2,1-3H3/t11-/m1/s1. The van der Waals surface area contributed by atoms with E-state index in [0.29, 0.717) is 5.92 Å². The summed E-state index contributed by atoms with van der Waals surface area (Å²) in [6.45, 7) is 7.30. The van der Waals surface area contributed by atoms with E-state index in [-0.39, 0.29) is 6.04 Å². The zero-order chi connectivity index (χ0) is 15.5. The lowest BCUT2D eigenvalue weighted by Crippen LogP contribution is -2.18. The highest BCUT2D eigenvalue weighted by molar-refractivity contribution is 7.20. The van der Waals surface area contributed by atoms with E-state index in [2.05, 4.69) is 54.4 Å². The smallest absolute Gasteiger partial charge is 0.133 e. The van der Waals surface area contributed by atoms with Gasteiger partial charge in [0.15, 0.2) is 0 Å². The molecule has 0 saturated heterocycles. The monoisotopic (exact) mass is 349 g/mol. The molecule has 0 aliphatic heterocycles. The maximum absolute atomic E-state index is 4.71. The Morgan fingerprint density at radius 2 is 1.95 bits per heavy atom. The van der Waals surface area contributed by atoms with Crippen LogP contribution in [0.15, 0.2) is 28.3 Å². The Morgan fingerprint density at radius 3 is 2.64 bits per heavy atom. The van der Waals surface area contributed by atoms with Crippen molar-refractivity contribution in [3.05, 3.63) is 44.7 Å². The summed E-state index contributed by atoms with van der Waals surface area (Å²) < 4.78 is 0. The molecule has 1 N–H and O–H groups in total. The maximum Gasteiger partial charge on any atom is 0.133 e. The lowest BCUT2D eigenvalue weighted by molar-refractivity contribution is 0.557. The van der Waals surface area contributed by atoms with Crippen molar-refractivity contribution in [2.24, 2.45) is 0 Å². The molecule has 0 bridgehead atoms. The fourth-order valence-electron chi connectivity index (χ4n) is 2.03. The van der Waals surface area contributed by atoms with Gasteiger partial charge in [-0.25, -0.2) is 9.97 Å². The van der Waals surface area contributed by atoms with Gasteiger partial charge in [0.2, 0.25) is 0 Å². The van der Waals surface area contributed by atoms with Gasteiger partial charge < -0.3 is 5.32 Å². The minimum atomic E-state index is 0.246. The van der Waals surface area contributed by atoms with E-state index < -0.39 is 0 Å². The van der Waals surface area contributed by atoms with Gasteiger partial charge in [0.25, 0.3) is 0 Å². The first kappa shape index (κ1) is 15.8. The minimum absolute atomic E-state index is 0.246. The molecule has 0 fully saturated rings. The molecule has 0 aromatic carbocycles. The fraction of sp³-hybridized carbons (Fsp3) is 0.375. The van der Waals surface area contributed by atoms with E-state index in [9.17, 15) is 0 Å². The molecule has 3 aromatic heterocycles. The van der Waals surface area contributed by atoms with Crippen LogP contribution < -0.4 is 5.32 Å². The van der Waals surface area contributed by atoms with Gasteiger partial charge in [0.05, 0.1) is 21.3 Å². The van der Waals surface area contributed by atoms with E-state index in [1.165, 1.54) is 9.88 Å². The van der Waals surface area contributed by atoms with Gasteiger partial charge in [-0.1, -0.05) is 19.9 Å². The highest BCUT2D eigenvalue weighted by atomic mass is 32.1. The number of nitrogens with one attached hydrogen (secondary N) is 1. The molecule has 3 aromatic rings. The second-order valence-corrected chi connectivity index (χ2v) is 8.18. The first-order valence-corrected chi connectivity index (χ1v) is 9.94. The van der Waals surface area contributed by atoms with Crippen LogP contribution in [0.5, 0.6) is 0 Å². The molecule has 1 atom stereocenters. The van der Waals surface area contributed by atoms with Crippen molar-refractivity contribution >= 4 is 34.0 Å². The molecule has 0 unspecified atom stereocenters. The predicted molar refractivity (Wildman–Crippen MR) is 96.9 cm³/mol. The van der Waals surface area contributed by atoms with E-state index in [1.807, 2.05) is 0 Å². The number of thiophene rings is 1. The van der Waals surface area contributed by atoms with Crippen molar-refractivity contribution in [2.75, 3.05) is 0 Å².